The smallest absolute Gasteiger partial charge is 0.134 e. The quantitative estimate of drug-likeness (QED) is 0.552. The summed E-state index contributed by atoms with van der Waals surface area (Å²) in [5.74, 6) is 1.09. The van der Waals surface area contributed by atoms with Gasteiger partial charge in [0.05, 0.1) is 0 Å². The van der Waals surface area contributed by atoms with Gasteiger partial charge in [-0.2, -0.15) is 0 Å². The van der Waals surface area contributed by atoms with Crippen LogP contribution < -0.4 is 0 Å². The molecule has 0 aromatic carbocycles. The van der Waals surface area contributed by atoms with Gasteiger partial charge >= 0.3 is 0 Å². The molecule has 60 valence electrons. The van der Waals surface area contributed by atoms with Gasteiger partial charge in [0.15, 0.2) is 0 Å². The highest BCUT2D eigenvalue weighted by Crippen LogP contribution is 2.37. The van der Waals surface area contributed by atoms with E-state index in [2.05, 4.69) is 27.7 Å². The molecule has 2 nitrogen and oxygen atoms in total. The molecule has 0 N–H and O–H groups in total. The lowest BCUT2D eigenvalue weighted by molar-refractivity contribution is -0.492. The minimum Gasteiger partial charge on any atom is -0.233 e. The predicted molar refractivity (Wildman–Crippen MR) is 39.4 cm³/mol. The Labute approximate surface area is 62.4 Å². The Bertz CT molecular complexity index is 104. The average molecular weight is 144 g/mol. The summed E-state index contributed by atoms with van der Waals surface area (Å²) in [6.07, 6.45) is 0. The first-order valence-electron chi connectivity index (χ1n) is 3.90. The maximum atomic E-state index is 5.14. The van der Waals surface area contributed by atoms with Crippen LogP contribution in [0.15, 0.2) is 0 Å². The van der Waals surface area contributed by atoms with E-state index in [1.807, 2.05) is 0 Å². The van der Waals surface area contributed by atoms with Crippen molar-refractivity contribution in [3.63, 3.8) is 0 Å². The van der Waals surface area contributed by atoms with Crippen LogP contribution in [-0.2, 0) is 9.78 Å². The van der Waals surface area contributed by atoms with E-state index in [0.717, 1.165) is 6.61 Å². The molecule has 1 fully saturated rings. The second kappa shape index (κ2) is 2.51. The standard InChI is InChI=1S/C8H16O2/c1-6(2)8(7(3)4)5-9-10-8/h6-7H,5H2,1-4H3. The van der Waals surface area contributed by atoms with Gasteiger partial charge in [0, 0.05) is 0 Å². The molecule has 0 spiro atoms. The Hall–Kier alpha value is -0.0800. The molecule has 0 aromatic heterocycles. The van der Waals surface area contributed by atoms with Crippen molar-refractivity contribution in [2.75, 3.05) is 6.61 Å². The van der Waals surface area contributed by atoms with Crippen LogP contribution >= 0.6 is 0 Å². The van der Waals surface area contributed by atoms with Crippen molar-refractivity contribution in [1.82, 2.24) is 0 Å². The zero-order valence-corrected chi connectivity index (χ0v) is 7.18. The SMILES string of the molecule is CC(C)C1(C(C)C)COO1. The molecule has 0 radical (unpaired) electrons. The van der Waals surface area contributed by atoms with Gasteiger partial charge < -0.3 is 0 Å². The fraction of sp³-hybridized carbons (Fsp3) is 1.00. The minimum absolute atomic E-state index is 0. The predicted octanol–water partition coefficient (Wildman–Crippen LogP) is 2.00. The number of rotatable bonds is 2. The second-order valence-electron chi connectivity index (χ2n) is 3.61. The Morgan fingerprint density at radius 3 is 1.50 bits per heavy atom. The van der Waals surface area contributed by atoms with Gasteiger partial charge in [-0.15, -0.1) is 0 Å². The van der Waals surface area contributed by atoms with E-state index >= 15 is 0 Å². The normalized spacial score (nSPS) is 23.4. The maximum absolute atomic E-state index is 5.14. The summed E-state index contributed by atoms with van der Waals surface area (Å²) >= 11 is 0. The van der Waals surface area contributed by atoms with Crippen LogP contribution in [0.3, 0.4) is 0 Å². The van der Waals surface area contributed by atoms with Gasteiger partial charge in [-0.05, 0) is 11.8 Å². The molecule has 1 saturated heterocycles. The van der Waals surface area contributed by atoms with Crippen LogP contribution in [-0.4, -0.2) is 12.2 Å². The lowest BCUT2D eigenvalue weighted by atomic mass is 9.80. The molecule has 0 saturated carbocycles. The molecule has 2 heteroatoms. The molecule has 0 unspecified atom stereocenters. The van der Waals surface area contributed by atoms with Gasteiger partial charge in [-0.3, -0.25) is 0 Å². The summed E-state index contributed by atoms with van der Waals surface area (Å²) in [6, 6.07) is 0. The first kappa shape index (κ1) is 8.02. The number of hydrogen-bond acceptors (Lipinski definition) is 2. The van der Waals surface area contributed by atoms with E-state index in [9.17, 15) is 0 Å². The van der Waals surface area contributed by atoms with Crippen molar-refractivity contribution in [3.8, 4) is 0 Å². The topological polar surface area (TPSA) is 18.5 Å². The lowest BCUT2D eigenvalue weighted by Crippen LogP contribution is -2.55. The molecular weight excluding hydrogens is 128 g/mol. The van der Waals surface area contributed by atoms with Gasteiger partial charge in [0.1, 0.15) is 12.2 Å². The van der Waals surface area contributed by atoms with Crippen molar-refractivity contribution in [1.29, 1.82) is 0 Å². The van der Waals surface area contributed by atoms with Crippen LogP contribution in [0, 0.1) is 11.8 Å². The van der Waals surface area contributed by atoms with Crippen molar-refractivity contribution in [2.24, 2.45) is 11.8 Å². The molecule has 10 heavy (non-hydrogen) atoms. The van der Waals surface area contributed by atoms with Gasteiger partial charge in [-0.25, -0.2) is 9.78 Å². The van der Waals surface area contributed by atoms with Crippen LogP contribution in [0.25, 0.3) is 0 Å². The third kappa shape index (κ3) is 0.956. The zero-order valence-electron chi connectivity index (χ0n) is 7.18. The van der Waals surface area contributed by atoms with E-state index in [0.29, 0.717) is 11.8 Å². The van der Waals surface area contributed by atoms with E-state index in [1.54, 1.807) is 0 Å². The van der Waals surface area contributed by atoms with E-state index in [1.165, 1.54) is 0 Å². The molecule has 0 amide bonds. The summed E-state index contributed by atoms with van der Waals surface area (Å²) in [7, 11) is 0. The van der Waals surface area contributed by atoms with Crippen LogP contribution in [0.1, 0.15) is 27.7 Å². The Morgan fingerprint density at radius 2 is 1.50 bits per heavy atom. The molecule has 0 aromatic rings. The summed E-state index contributed by atoms with van der Waals surface area (Å²) in [4.78, 5) is 9.90. The maximum Gasteiger partial charge on any atom is 0.134 e. The Kier molecular flexibility index (Phi) is 2.02. The van der Waals surface area contributed by atoms with Crippen molar-refractivity contribution < 1.29 is 9.78 Å². The third-order valence-electron chi connectivity index (χ3n) is 2.45. The zero-order chi connectivity index (χ0) is 7.78. The van der Waals surface area contributed by atoms with Crippen LogP contribution in [0.5, 0.6) is 0 Å². The van der Waals surface area contributed by atoms with Crippen LogP contribution in [0.2, 0.25) is 0 Å². The highest BCUT2D eigenvalue weighted by molar-refractivity contribution is 4.89. The van der Waals surface area contributed by atoms with E-state index < -0.39 is 0 Å². The molecule has 1 aliphatic heterocycles. The molecular formula is C8H16O2. The monoisotopic (exact) mass is 144 g/mol. The van der Waals surface area contributed by atoms with Gasteiger partial charge in [0.25, 0.3) is 0 Å². The van der Waals surface area contributed by atoms with Crippen molar-refractivity contribution in [2.45, 2.75) is 33.3 Å². The fourth-order valence-corrected chi connectivity index (χ4v) is 1.39. The summed E-state index contributed by atoms with van der Waals surface area (Å²) in [5.41, 5.74) is 0. The van der Waals surface area contributed by atoms with Crippen LogP contribution in [0.4, 0.5) is 0 Å². The highest BCUT2D eigenvalue weighted by Gasteiger charge is 2.47. The Morgan fingerprint density at radius 1 is 1.10 bits per heavy atom. The highest BCUT2D eigenvalue weighted by atomic mass is 17.2. The molecule has 1 rings (SSSR count). The van der Waals surface area contributed by atoms with E-state index in [-0.39, 0.29) is 5.60 Å². The summed E-state index contributed by atoms with van der Waals surface area (Å²) < 4.78 is 0. The lowest BCUT2D eigenvalue weighted by Gasteiger charge is -2.45. The van der Waals surface area contributed by atoms with Gasteiger partial charge in [0.2, 0.25) is 0 Å². The number of hydrogen-bond donors (Lipinski definition) is 0. The first-order chi connectivity index (χ1) is 4.59. The largest absolute Gasteiger partial charge is 0.233 e. The van der Waals surface area contributed by atoms with Crippen molar-refractivity contribution in [3.05, 3.63) is 0 Å². The third-order valence-corrected chi connectivity index (χ3v) is 2.45. The molecule has 0 bridgehead atoms. The molecule has 0 atom stereocenters. The molecule has 1 heterocycles. The molecule has 1 aliphatic rings. The Balaban J connectivity index is 2.59. The molecule has 0 aliphatic carbocycles. The van der Waals surface area contributed by atoms with E-state index in [4.69, 9.17) is 9.78 Å². The second-order valence-corrected chi connectivity index (χ2v) is 3.61. The summed E-state index contributed by atoms with van der Waals surface area (Å²) in [6.45, 7) is 9.43. The van der Waals surface area contributed by atoms with Gasteiger partial charge in [-0.1, -0.05) is 27.7 Å². The summed E-state index contributed by atoms with van der Waals surface area (Å²) in [5, 5.41) is 0. The fourth-order valence-electron chi connectivity index (χ4n) is 1.39. The van der Waals surface area contributed by atoms with Crippen molar-refractivity contribution >= 4 is 0 Å². The average Bonchev–Trinajstić information content (AvgIpc) is 1.57. The first-order valence-corrected chi connectivity index (χ1v) is 3.90. The minimum atomic E-state index is 0.